The number of hydrogen-bond acceptors (Lipinski definition) is 5. The maximum Gasteiger partial charge on any atom is 0.332 e. The van der Waals surface area contributed by atoms with Gasteiger partial charge in [0.2, 0.25) is 5.95 Å². The first-order valence-corrected chi connectivity index (χ1v) is 7.65. The molecule has 1 N–H and O–H groups in total. The van der Waals surface area contributed by atoms with Gasteiger partial charge in [-0.2, -0.15) is 4.98 Å². The number of nitrogens with one attached hydrogen (secondary N) is 1. The zero-order chi connectivity index (χ0) is 18.1. The zero-order valence-corrected chi connectivity index (χ0v) is 14.1. The molecule has 0 unspecified atom stereocenters. The largest absolute Gasteiger partial charge is 0.492 e. The number of rotatable bonds is 5. The van der Waals surface area contributed by atoms with Gasteiger partial charge in [-0.1, -0.05) is 0 Å². The second-order valence-corrected chi connectivity index (χ2v) is 5.60. The van der Waals surface area contributed by atoms with Crippen molar-refractivity contribution in [3.8, 4) is 5.75 Å². The molecule has 8 nitrogen and oxygen atoms in total. The van der Waals surface area contributed by atoms with E-state index in [4.69, 9.17) is 4.74 Å². The third-order valence-electron chi connectivity index (χ3n) is 3.94. The molecule has 132 valence electrons. The highest BCUT2D eigenvalue weighted by atomic mass is 19.1. The summed E-state index contributed by atoms with van der Waals surface area (Å²) >= 11 is 0. The van der Waals surface area contributed by atoms with E-state index >= 15 is 0 Å². The highest BCUT2D eigenvalue weighted by Gasteiger charge is 2.16. The molecule has 25 heavy (non-hydrogen) atoms. The number of benzene rings is 1. The number of ether oxygens (including phenoxy) is 1. The molecule has 0 atom stereocenters. The van der Waals surface area contributed by atoms with Gasteiger partial charge in [0.25, 0.3) is 5.56 Å². The summed E-state index contributed by atoms with van der Waals surface area (Å²) in [5.74, 6) is 0.692. The van der Waals surface area contributed by atoms with Crippen LogP contribution in [0.2, 0.25) is 0 Å². The highest BCUT2D eigenvalue weighted by molar-refractivity contribution is 5.74. The molecule has 1 aromatic carbocycles. The summed E-state index contributed by atoms with van der Waals surface area (Å²) in [6.07, 6.45) is 0. The number of nitrogens with zero attached hydrogens (tertiary/aromatic N) is 4. The van der Waals surface area contributed by atoms with Crippen LogP contribution in [0.1, 0.15) is 0 Å². The third kappa shape index (κ3) is 3.00. The van der Waals surface area contributed by atoms with Crippen molar-refractivity contribution in [2.45, 2.75) is 0 Å². The third-order valence-corrected chi connectivity index (χ3v) is 3.94. The Balaban J connectivity index is 1.76. The second kappa shape index (κ2) is 6.42. The Morgan fingerprint density at radius 1 is 1.08 bits per heavy atom. The van der Waals surface area contributed by atoms with Crippen molar-refractivity contribution in [1.29, 1.82) is 0 Å². The summed E-state index contributed by atoms with van der Waals surface area (Å²) in [6, 6.07) is 5.74. The van der Waals surface area contributed by atoms with Gasteiger partial charge in [-0.25, -0.2) is 9.18 Å². The Hall–Kier alpha value is -3.10. The SMILES string of the molecule is Cn1c(=O)c2c(nc(NCCOc3ccc(F)cc3)n2C)n(C)c1=O. The second-order valence-electron chi connectivity index (χ2n) is 5.60. The maximum atomic E-state index is 12.8. The van der Waals surface area contributed by atoms with E-state index < -0.39 is 11.2 Å². The first-order valence-electron chi connectivity index (χ1n) is 7.65. The van der Waals surface area contributed by atoms with Crippen molar-refractivity contribution >= 4 is 17.1 Å². The van der Waals surface area contributed by atoms with E-state index in [-0.39, 0.29) is 5.82 Å². The molecule has 0 bridgehead atoms. The first kappa shape index (κ1) is 16.7. The fourth-order valence-electron chi connectivity index (χ4n) is 2.54. The molecular formula is C16H18FN5O3. The molecule has 3 rings (SSSR count). The van der Waals surface area contributed by atoms with Crippen LogP contribution in [-0.4, -0.2) is 31.8 Å². The number of imidazole rings is 1. The van der Waals surface area contributed by atoms with Crippen LogP contribution < -0.4 is 21.3 Å². The van der Waals surface area contributed by atoms with Crippen LogP contribution in [0.25, 0.3) is 11.2 Å². The summed E-state index contributed by atoms with van der Waals surface area (Å²) in [4.78, 5) is 28.6. The molecular weight excluding hydrogens is 329 g/mol. The van der Waals surface area contributed by atoms with Crippen LogP contribution in [0.5, 0.6) is 5.75 Å². The summed E-state index contributed by atoms with van der Waals surface area (Å²) in [5.41, 5.74) is -0.172. The molecule has 2 aromatic heterocycles. The lowest BCUT2D eigenvalue weighted by molar-refractivity contribution is 0.332. The lowest BCUT2D eigenvalue weighted by Gasteiger charge is -2.08. The van der Waals surface area contributed by atoms with E-state index in [0.717, 1.165) is 4.57 Å². The van der Waals surface area contributed by atoms with Gasteiger partial charge < -0.3 is 14.6 Å². The number of anilines is 1. The minimum absolute atomic E-state index is 0.317. The Kier molecular flexibility index (Phi) is 4.30. The summed E-state index contributed by atoms with van der Waals surface area (Å²) in [7, 11) is 4.70. The molecule has 0 aliphatic carbocycles. The van der Waals surface area contributed by atoms with E-state index in [1.54, 1.807) is 30.8 Å². The van der Waals surface area contributed by atoms with Crippen molar-refractivity contribution in [1.82, 2.24) is 18.7 Å². The van der Waals surface area contributed by atoms with E-state index in [1.165, 1.54) is 23.7 Å². The minimum Gasteiger partial charge on any atom is -0.492 e. The maximum absolute atomic E-state index is 12.8. The van der Waals surface area contributed by atoms with Crippen LogP contribution in [0, 0.1) is 5.82 Å². The van der Waals surface area contributed by atoms with E-state index in [1.807, 2.05) is 0 Å². The molecule has 2 heterocycles. The van der Waals surface area contributed by atoms with Gasteiger partial charge >= 0.3 is 5.69 Å². The topological polar surface area (TPSA) is 83.1 Å². The molecule has 0 radical (unpaired) electrons. The van der Waals surface area contributed by atoms with E-state index in [2.05, 4.69) is 10.3 Å². The van der Waals surface area contributed by atoms with Crippen molar-refractivity contribution in [3.05, 3.63) is 50.9 Å². The van der Waals surface area contributed by atoms with Crippen LogP contribution >= 0.6 is 0 Å². The highest BCUT2D eigenvalue weighted by Crippen LogP contribution is 2.13. The van der Waals surface area contributed by atoms with Crippen LogP contribution in [-0.2, 0) is 21.1 Å². The molecule has 0 aliphatic rings. The number of aromatic nitrogens is 4. The van der Waals surface area contributed by atoms with Crippen molar-refractivity contribution in [3.63, 3.8) is 0 Å². The lowest BCUT2D eigenvalue weighted by atomic mass is 10.3. The van der Waals surface area contributed by atoms with Gasteiger partial charge in [0.15, 0.2) is 11.2 Å². The van der Waals surface area contributed by atoms with Gasteiger partial charge in [-0.05, 0) is 24.3 Å². The normalized spacial score (nSPS) is 11.0. The van der Waals surface area contributed by atoms with Gasteiger partial charge in [0.05, 0.1) is 6.54 Å². The Bertz CT molecular complexity index is 1030. The smallest absolute Gasteiger partial charge is 0.332 e. The molecule has 0 aliphatic heterocycles. The predicted molar refractivity (Wildman–Crippen MR) is 91.6 cm³/mol. The van der Waals surface area contributed by atoms with Gasteiger partial charge in [-0.3, -0.25) is 13.9 Å². The molecule has 3 aromatic rings. The average molecular weight is 347 g/mol. The fraction of sp³-hybridized carbons (Fsp3) is 0.312. The first-order chi connectivity index (χ1) is 11.9. The van der Waals surface area contributed by atoms with Crippen molar-refractivity contribution in [2.24, 2.45) is 21.1 Å². The minimum atomic E-state index is -0.429. The van der Waals surface area contributed by atoms with Crippen molar-refractivity contribution < 1.29 is 9.13 Å². The number of hydrogen-bond donors (Lipinski definition) is 1. The molecule has 0 amide bonds. The van der Waals surface area contributed by atoms with Crippen LogP contribution in [0.4, 0.5) is 10.3 Å². The summed E-state index contributed by atoms with van der Waals surface area (Å²) in [6.45, 7) is 0.745. The average Bonchev–Trinajstić information content (AvgIpc) is 2.93. The van der Waals surface area contributed by atoms with Gasteiger partial charge in [-0.15, -0.1) is 0 Å². The number of halogens is 1. The van der Waals surface area contributed by atoms with E-state index in [0.29, 0.717) is 36.0 Å². The van der Waals surface area contributed by atoms with Gasteiger partial charge in [0, 0.05) is 21.1 Å². The standard InChI is InChI=1S/C16H18FN5O3/c1-20-12-13(21(2)16(24)22(3)14(12)23)19-15(20)18-8-9-25-11-6-4-10(17)5-7-11/h4-7H,8-9H2,1-3H3,(H,18,19). The Morgan fingerprint density at radius 2 is 1.76 bits per heavy atom. The van der Waals surface area contributed by atoms with Gasteiger partial charge in [0.1, 0.15) is 18.2 Å². The molecule has 0 saturated carbocycles. The Labute approximate surface area is 142 Å². The quantitative estimate of drug-likeness (QED) is 0.684. The van der Waals surface area contributed by atoms with Crippen LogP contribution in [0.15, 0.2) is 33.9 Å². The predicted octanol–water partition coefficient (Wildman–Crippen LogP) is 0.601. The molecule has 0 spiro atoms. The van der Waals surface area contributed by atoms with E-state index in [9.17, 15) is 14.0 Å². The fourth-order valence-corrected chi connectivity index (χ4v) is 2.54. The number of fused-ring (bicyclic) bond motifs is 1. The Morgan fingerprint density at radius 3 is 2.44 bits per heavy atom. The molecule has 0 fully saturated rings. The zero-order valence-electron chi connectivity index (χ0n) is 14.1. The number of aryl methyl sites for hydroxylation is 2. The summed E-state index contributed by atoms with van der Waals surface area (Å²) < 4.78 is 22.3. The summed E-state index contributed by atoms with van der Waals surface area (Å²) in [5, 5.41) is 3.07. The molecule has 9 heteroatoms. The molecule has 0 saturated heterocycles. The van der Waals surface area contributed by atoms with Crippen LogP contribution in [0.3, 0.4) is 0 Å². The lowest BCUT2D eigenvalue weighted by Crippen LogP contribution is -2.37. The van der Waals surface area contributed by atoms with Crippen molar-refractivity contribution in [2.75, 3.05) is 18.5 Å². The monoisotopic (exact) mass is 347 g/mol.